The Morgan fingerprint density at radius 2 is 1.81 bits per heavy atom. The molecule has 2 aromatic heterocycles. The molecule has 0 atom stereocenters. The molecule has 0 radical (unpaired) electrons. The molecule has 0 spiro atoms. The standard InChI is InChI=1S/C20H15BrN4O/c21-15-8-2-7-14-18(15)24-20(22)25-19(14)16(26)10-9-13-5-1-4-12-6-3-11-23-17(12)13/h1-8,11H,9-10H2,(H2,22,24,25). The highest BCUT2D eigenvalue weighted by Crippen LogP contribution is 2.26. The molecule has 0 saturated carbocycles. The van der Waals surface area contributed by atoms with Crippen LogP contribution in [0.4, 0.5) is 5.95 Å². The van der Waals surface area contributed by atoms with Crippen LogP contribution in [0.15, 0.2) is 59.2 Å². The van der Waals surface area contributed by atoms with Gasteiger partial charge in [0.05, 0.1) is 11.0 Å². The number of nitrogens with zero attached hydrogens (tertiary/aromatic N) is 3. The zero-order valence-corrected chi connectivity index (χ0v) is 15.4. The van der Waals surface area contributed by atoms with Gasteiger partial charge in [-0.25, -0.2) is 9.97 Å². The lowest BCUT2D eigenvalue weighted by Crippen LogP contribution is -2.09. The number of nitrogen functional groups attached to an aromatic ring is 1. The lowest BCUT2D eigenvalue weighted by atomic mass is 10.0. The van der Waals surface area contributed by atoms with Crippen molar-refractivity contribution >= 4 is 49.5 Å². The minimum Gasteiger partial charge on any atom is -0.368 e. The Morgan fingerprint density at radius 3 is 2.69 bits per heavy atom. The van der Waals surface area contributed by atoms with Crippen LogP contribution in [0.2, 0.25) is 0 Å². The molecular formula is C20H15BrN4O. The summed E-state index contributed by atoms with van der Waals surface area (Å²) >= 11 is 3.45. The van der Waals surface area contributed by atoms with Gasteiger partial charge in [-0.15, -0.1) is 0 Å². The number of aryl methyl sites for hydroxylation is 1. The summed E-state index contributed by atoms with van der Waals surface area (Å²) < 4.78 is 0.788. The SMILES string of the molecule is Nc1nc(C(=O)CCc2cccc3cccnc23)c2cccc(Br)c2n1. The predicted octanol–water partition coefficient (Wildman–Crippen LogP) is 4.34. The van der Waals surface area contributed by atoms with Crippen molar-refractivity contribution in [3.8, 4) is 0 Å². The smallest absolute Gasteiger partial charge is 0.221 e. The van der Waals surface area contributed by atoms with E-state index in [2.05, 4.69) is 30.9 Å². The van der Waals surface area contributed by atoms with Crippen LogP contribution in [0.5, 0.6) is 0 Å². The number of aromatic nitrogens is 3. The molecular weight excluding hydrogens is 392 g/mol. The molecule has 0 aliphatic carbocycles. The molecule has 4 rings (SSSR count). The third-order valence-electron chi connectivity index (χ3n) is 4.30. The minimum atomic E-state index is -0.0601. The molecule has 2 N–H and O–H groups in total. The third-order valence-corrected chi connectivity index (χ3v) is 4.94. The number of benzene rings is 2. The van der Waals surface area contributed by atoms with Crippen molar-refractivity contribution in [2.75, 3.05) is 5.73 Å². The zero-order chi connectivity index (χ0) is 18.1. The van der Waals surface area contributed by atoms with E-state index in [1.165, 1.54) is 0 Å². The number of ketones is 1. The van der Waals surface area contributed by atoms with Crippen LogP contribution in [0, 0.1) is 0 Å². The summed E-state index contributed by atoms with van der Waals surface area (Å²) in [6, 6.07) is 15.5. The lowest BCUT2D eigenvalue weighted by molar-refractivity contribution is 0.0980. The molecule has 4 aromatic rings. The van der Waals surface area contributed by atoms with Gasteiger partial charge in [-0.3, -0.25) is 9.78 Å². The van der Waals surface area contributed by atoms with E-state index in [1.54, 1.807) is 6.20 Å². The molecule has 2 heterocycles. The maximum absolute atomic E-state index is 12.9. The Balaban J connectivity index is 1.67. The second kappa shape index (κ2) is 6.80. The molecule has 6 heteroatoms. The number of pyridine rings is 1. The van der Waals surface area contributed by atoms with Gasteiger partial charge in [-0.1, -0.05) is 36.4 Å². The number of nitrogens with two attached hydrogens (primary N) is 1. The van der Waals surface area contributed by atoms with Crippen LogP contribution < -0.4 is 5.73 Å². The van der Waals surface area contributed by atoms with E-state index < -0.39 is 0 Å². The van der Waals surface area contributed by atoms with Gasteiger partial charge in [0.25, 0.3) is 0 Å². The van der Waals surface area contributed by atoms with Crippen molar-refractivity contribution < 1.29 is 4.79 Å². The molecule has 0 aliphatic heterocycles. The largest absolute Gasteiger partial charge is 0.368 e. The van der Waals surface area contributed by atoms with Crippen molar-refractivity contribution in [3.63, 3.8) is 0 Å². The summed E-state index contributed by atoms with van der Waals surface area (Å²) in [6.07, 6.45) is 2.68. The maximum atomic E-state index is 12.9. The first-order chi connectivity index (χ1) is 12.6. The van der Waals surface area contributed by atoms with E-state index in [9.17, 15) is 4.79 Å². The zero-order valence-electron chi connectivity index (χ0n) is 13.8. The number of carbonyl (C=O) groups excluding carboxylic acids is 1. The van der Waals surface area contributed by atoms with Gasteiger partial charge in [0.1, 0.15) is 5.69 Å². The van der Waals surface area contributed by atoms with E-state index in [0.29, 0.717) is 29.4 Å². The number of rotatable bonds is 4. The van der Waals surface area contributed by atoms with Crippen LogP contribution >= 0.6 is 15.9 Å². The van der Waals surface area contributed by atoms with Gasteiger partial charge >= 0.3 is 0 Å². The maximum Gasteiger partial charge on any atom is 0.221 e. The number of fused-ring (bicyclic) bond motifs is 2. The topological polar surface area (TPSA) is 81.8 Å². The first-order valence-corrected chi connectivity index (χ1v) is 9.00. The van der Waals surface area contributed by atoms with Gasteiger partial charge < -0.3 is 5.73 Å². The molecule has 0 bridgehead atoms. The summed E-state index contributed by atoms with van der Waals surface area (Å²) in [7, 11) is 0. The van der Waals surface area contributed by atoms with Crippen molar-refractivity contribution in [2.24, 2.45) is 0 Å². The lowest BCUT2D eigenvalue weighted by Gasteiger charge is -2.08. The van der Waals surface area contributed by atoms with Crippen LogP contribution in [-0.4, -0.2) is 20.7 Å². The van der Waals surface area contributed by atoms with Crippen LogP contribution in [0.25, 0.3) is 21.8 Å². The van der Waals surface area contributed by atoms with E-state index in [-0.39, 0.29) is 11.7 Å². The predicted molar refractivity (Wildman–Crippen MR) is 106 cm³/mol. The van der Waals surface area contributed by atoms with Gasteiger partial charge in [-0.05, 0) is 40.0 Å². The minimum absolute atomic E-state index is 0.0601. The Hall–Kier alpha value is -2.86. The molecule has 26 heavy (non-hydrogen) atoms. The summed E-state index contributed by atoms with van der Waals surface area (Å²) in [6.45, 7) is 0. The van der Waals surface area contributed by atoms with Gasteiger partial charge in [0.15, 0.2) is 5.78 Å². The molecule has 0 unspecified atom stereocenters. The van der Waals surface area contributed by atoms with Crippen LogP contribution in [0.1, 0.15) is 22.5 Å². The molecule has 2 aromatic carbocycles. The number of halogens is 1. The van der Waals surface area contributed by atoms with Gasteiger partial charge in [-0.2, -0.15) is 0 Å². The summed E-state index contributed by atoms with van der Waals surface area (Å²) in [5.41, 5.74) is 8.79. The molecule has 0 amide bonds. The number of anilines is 1. The highest BCUT2D eigenvalue weighted by Gasteiger charge is 2.16. The Labute approximate surface area is 158 Å². The normalized spacial score (nSPS) is 11.1. The molecule has 128 valence electrons. The van der Waals surface area contributed by atoms with Crippen molar-refractivity contribution in [1.82, 2.24) is 15.0 Å². The summed E-state index contributed by atoms with van der Waals surface area (Å²) in [4.78, 5) is 25.7. The first-order valence-electron chi connectivity index (χ1n) is 8.21. The number of para-hydroxylation sites is 2. The quantitative estimate of drug-likeness (QED) is 0.509. The van der Waals surface area contributed by atoms with E-state index in [0.717, 1.165) is 20.9 Å². The van der Waals surface area contributed by atoms with Gasteiger partial charge in [0.2, 0.25) is 5.95 Å². The molecule has 0 saturated heterocycles. The average Bonchev–Trinajstić information content (AvgIpc) is 2.66. The fourth-order valence-electron chi connectivity index (χ4n) is 3.08. The second-order valence-corrected chi connectivity index (χ2v) is 6.84. The molecule has 0 fully saturated rings. The highest BCUT2D eigenvalue weighted by molar-refractivity contribution is 9.10. The van der Waals surface area contributed by atoms with Crippen molar-refractivity contribution in [2.45, 2.75) is 12.8 Å². The van der Waals surface area contributed by atoms with Crippen LogP contribution in [-0.2, 0) is 6.42 Å². The number of hydrogen-bond acceptors (Lipinski definition) is 5. The van der Waals surface area contributed by atoms with Crippen LogP contribution in [0.3, 0.4) is 0 Å². The number of carbonyl (C=O) groups is 1. The Morgan fingerprint density at radius 1 is 1.00 bits per heavy atom. The third kappa shape index (κ3) is 3.04. The Bertz CT molecular complexity index is 1140. The monoisotopic (exact) mass is 406 g/mol. The average molecular weight is 407 g/mol. The highest BCUT2D eigenvalue weighted by atomic mass is 79.9. The number of hydrogen-bond donors (Lipinski definition) is 1. The summed E-state index contributed by atoms with van der Waals surface area (Å²) in [5, 5.41) is 1.77. The van der Waals surface area contributed by atoms with Crippen molar-refractivity contribution in [3.05, 3.63) is 70.5 Å². The number of Topliss-reactive ketones (excluding diaryl/α,β-unsaturated/α-hetero) is 1. The van der Waals surface area contributed by atoms with E-state index in [1.807, 2.05) is 48.5 Å². The fraction of sp³-hybridized carbons (Fsp3) is 0.100. The van der Waals surface area contributed by atoms with E-state index in [4.69, 9.17) is 5.73 Å². The second-order valence-electron chi connectivity index (χ2n) is 5.98. The van der Waals surface area contributed by atoms with Crippen molar-refractivity contribution in [1.29, 1.82) is 0 Å². The molecule has 0 aliphatic rings. The van der Waals surface area contributed by atoms with Gasteiger partial charge in [0, 0.05) is 27.9 Å². The molecule has 5 nitrogen and oxygen atoms in total. The first kappa shape index (κ1) is 16.6. The fourth-order valence-corrected chi connectivity index (χ4v) is 3.54. The summed E-state index contributed by atoms with van der Waals surface area (Å²) in [5.74, 6) is 0.0368. The van der Waals surface area contributed by atoms with E-state index >= 15 is 0 Å². The Kier molecular flexibility index (Phi) is 4.34.